The molecule has 30 heavy (non-hydrogen) atoms. The Morgan fingerprint density at radius 2 is 1.33 bits per heavy atom. The first-order valence-corrected chi connectivity index (χ1v) is 12.3. The summed E-state index contributed by atoms with van der Waals surface area (Å²) in [6, 6.07) is 2.18. The molecule has 168 valence electrons. The Labute approximate surface area is 181 Å². The van der Waals surface area contributed by atoms with Crippen molar-refractivity contribution in [1.29, 1.82) is 0 Å². The molecule has 3 rings (SSSR count). The normalized spacial score (nSPS) is 27.6. The van der Waals surface area contributed by atoms with Crippen molar-refractivity contribution in [2.24, 2.45) is 23.7 Å². The van der Waals surface area contributed by atoms with Gasteiger partial charge in [-0.3, -0.25) is 0 Å². The molecule has 1 aromatic rings. The van der Waals surface area contributed by atoms with E-state index in [1.807, 2.05) is 6.08 Å². The van der Waals surface area contributed by atoms with Gasteiger partial charge < -0.3 is 0 Å². The first-order valence-electron chi connectivity index (χ1n) is 12.3. The Hall–Kier alpha value is -1.25. The van der Waals surface area contributed by atoms with Gasteiger partial charge in [-0.1, -0.05) is 57.6 Å². The Morgan fingerprint density at radius 1 is 0.767 bits per heavy atom. The third-order valence-corrected chi connectivity index (χ3v) is 7.70. The third kappa shape index (κ3) is 6.89. The molecule has 0 unspecified atom stereocenters. The van der Waals surface area contributed by atoms with E-state index in [0.29, 0.717) is 12.0 Å². The van der Waals surface area contributed by atoms with Crippen molar-refractivity contribution in [1.82, 2.24) is 0 Å². The van der Waals surface area contributed by atoms with Crippen LogP contribution in [0.15, 0.2) is 24.3 Å². The Bertz CT molecular complexity index is 642. The largest absolute Gasteiger partial charge is 0.204 e. The van der Waals surface area contributed by atoms with Crippen LogP contribution in [0.5, 0.6) is 0 Å². The second kappa shape index (κ2) is 12.0. The fourth-order valence-electron chi connectivity index (χ4n) is 5.76. The van der Waals surface area contributed by atoms with Crippen molar-refractivity contribution < 1.29 is 13.2 Å². The number of hydrogen-bond donors (Lipinski definition) is 0. The van der Waals surface area contributed by atoms with E-state index < -0.39 is 17.5 Å². The third-order valence-electron chi connectivity index (χ3n) is 7.70. The molecule has 0 spiro atoms. The first-order chi connectivity index (χ1) is 14.6. The lowest BCUT2D eigenvalue weighted by Gasteiger charge is -2.37. The van der Waals surface area contributed by atoms with E-state index >= 15 is 0 Å². The van der Waals surface area contributed by atoms with Crippen molar-refractivity contribution in [2.75, 3.05) is 0 Å². The van der Waals surface area contributed by atoms with Crippen LogP contribution in [0, 0.1) is 41.1 Å². The fourth-order valence-corrected chi connectivity index (χ4v) is 5.76. The van der Waals surface area contributed by atoms with Gasteiger partial charge in [-0.15, -0.1) is 0 Å². The summed E-state index contributed by atoms with van der Waals surface area (Å²) in [6.07, 6.45) is 22.4. The number of benzene rings is 1. The average Bonchev–Trinajstić information content (AvgIpc) is 2.76. The summed E-state index contributed by atoms with van der Waals surface area (Å²) in [5.74, 6) is 0.0454. The molecule has 3 heteroatoms. The Morgan fingerprint density at radius 3 is 1.90 bits per heavy atom. The van der Waals surface area contributed by atoms with E-state index in [1.54, 1.807) is 0 Å². The summed E-state index contributed by atoms with van der Waals surface area (Å²) in [4.78, 5) is 0. The van der Waals surface area contributed by atoms with E-state index in [4.69, 9.17) is 0 Å². The van der Waals surface area contributed by atoms with E-state index in [-0.39, 0.29) is 0 Å². The minimum atomic E-state index is -1.38. The van der Waals surface area contributed by atoms with Crippen molar-refractivity contribution >= 4 is 0 Å². The van der Waals surface area contributed by atoms with Gasteiger partial charge in [0, 0.05) is 0 Å². The SMILES string of the molecule is CCCCCC1CCC(C2CCC(CC=CCc3cc(F)c(F)c(F)c3)CC2)CC1. The van der Waals surface area contributed by atoms with Crippen molar-refractivity contribution in [2.45, 2.75) is 96.8 Å². The zero-order valence-electron chi connectivity index (χ0n) is 18.7. The topological polar surface area (TPSA) is 0 Å². The predicted molar refractivity (Wildman–Crippen MR) is 119 cm³/mol. The van der Waals surface area contributed by atoms with Gasteiger partial charge in [-0.25, -0.2) is 13.2 Å². The molecule has 0 nitrogen and oxygen atoms in total. The molecule has 1 aromatic carbocycles. The number of rotatable bonds is 9. The number of unbranched alkanes of at least 4 members (excludes halogenated alkanes) is 2. The van der Waals surface area contributed by atoms with Crippen LogP contribution in [-0.2, 0) is 6.42 Å². The lowest BCUT2D eigenvalue weighted by Crippen LogP contribution is -2.25. The molecule has 2 saturated carbocycles. The highest BCUT2D eigenvalue weighted by atomic mass is 19.2. The lowest BCUT2D eigenvalue weighted by atomic mass is 9.68. The molecule has 2 fully saturated rings. The predicted octanol–water partition coefficient (Wildman–Crippen LogP) is 8.79. The lowest BCUT2D eigenvalue weighted by molar-refractivity contribution is 0.143. The number of halogens is 3. The van der Waals surface area contributed by atoms with Crippen molar-refractivity contribution in [3.8, 4) is 0 Å². The van der Waals surface area contributed by atoms with Gasteiger partial charge in [-0.05, 0) is 92.7 Å². The molecule has 0 saturated heterocycles. The van der Waals surface area contributed by atoms with Crippen LogP contribution in [0.4, 0.5) is 13.2 Å². The zero-order chi connectivity index (χ0) is 21.3. The molecular weight excluding hydrogens is 381 g/mol. The maximum atomic E-state index is 13.3. The van der Waals surface area contributed by atoms with Crippen LogP contribution in [0.2, 0.25) is 0 Å². The van der Waals surface area contributed by atoms with Gasteiger partial charge >= 0.3 is 0 Å². The van der Waals surface area contributed by atoms with Crippen molar-refractivity contribution in [3.63, 3.8) is 0 Å². The van der Waals surface area contributed by atoms with Gasteiger partial charge in [0.15, 0.2) is 17.5 Å². The first kappa shape index (κ1) is 23.4. The Kier molecular flexibility index (Phi) is 9.33. The van der Waals surface area contributed by atoms with E-state index in [1.165, 1.54) is 77.0 Å². The molecule has 0 N–H and O–H groups in total. The smallest absolute Gasteiger partial charge is 0.194 e. The molecule has 0 bridgehead atoms. The summed E-state index contributed by atoms with van der Waals surface area (Å²) in [5.41, 5.74) is 0.483. The molecule has 0 aromatic heterocycles. The quantitative estimate of drug-likeness (QED) is 0.213. The second-order valence-electron chi connectivity index (χ2n) is 9.84. The van der Waals surface area contributed by atoms with Crippen LogP contribution in [0.1, 0.15) is 96.0 Å². The highest BCUT2D eigenvalue weighted by Gasteiger charge is 2.30. The molecule has 0 radical (unpaired) electrons. The molecular formula is C27H39F3. The number of hydrogen-bond acceptors (Lipinski definition) is 0. The monoisotopic (exact) mass is 420 g/mol. The van der Waals surface area contributed by atoms with Crippen molar-refractivity contribution in [3.05, 3.63) is 47.3 Å². The molecule has 2 aliphatic carbocycles. The van der Waals surface area contributed by atoms with E-state index in [9.17, 15) is 13.2 Å². The van der Waals surface area contributed by atoms with Crippen LogP contribution in [-0.4, -0.2) is 0 Å². The van der Waals surface area contributed by atoms with Crippen LogP contribution < -0.4 is 0 Å². The maximum Gasteiger partial charge on any atom is 0.194 e. The standard InChI is InChI=1S/C27H39F3/c1-2-3-4-7-20-10-14-23(15-11-20)24-16-12-21(13-17-24)8-5-6-9-22-18-25(28)27(30)26(29)19-22/h5-6,18-21,23-24H,2-4,7-17H2,1H3. The summed E-state index contributed by atoms with van der Waals surface area (Å²) in [5, 5.41) is 0. The second-order valence-corrected chi connectivity index (χ2v) is 9.84. The van der Waals surface area contributed by atoms with Crippen LogP contribution >= 0.6 is 0 Å². The molecule has 0 atom stereocenters. The summed E-state index contributed by atoms with van der Waals surface area (Å²) in [7, 11) is 0. The minimum absolute atomic E-state index is 0.449. The van der Waals surface area contributed by atoms with Gasteiger partial charge in [0.2, 0.25) is 0 Å². The Balaban J connectivity index is 1.33. The summed E-state index contributed by atoms with van der Waals surface area (Å²) in [6.45, 7) is 2.29. The van der Waals surface area contributed by atoms with Gasteiger partial charge in [0.25, 0.3) is 0 Å². The van der Waals surface area contributed by atoms with E-state index in [0.717, 1.165) is 42.2 Å². The number of allylic oxidation sites excluding steroid dienone is 2. The summed E-state index contributed by atoms with van der Waals surface area (Å²) < 4.78 is 39.6. The average molecular weight is 421 g/mol. The zero-order valence-corrected chi connectivity index (χ0v) is 18.7. The van der Waals surface area contributed by atoms with Gasteiger partial charge in [0.05, 0.1) is 0 Å². The molecule has 0 heterocycles. The molecule has 2 aliphatic rings. The van der Waals surface area contributed by atoms with Gasteiger partial charge in [0.1, 0.15) is 0 Å². The fraction of sp³-hybridized carbons (Fsp3) is 0.704. The maximum absolute atomic E-state index is 13.3. The van der Waals surface area contributed by atoms with Gasteiger partial charge in [-0.2, -0.15) is 0 Å². The van der Waals surface area contributed by atoms with Crippen LogP contribution in [0.3, 0.4) is 0 Å². The highest BCUT2D eigenvalue weighted by Crippen LogP contribution is 2.42. The van der Waals surface area contributed by atoms with Crippen LogP contribution in [0.25, 0.3) is 0 Å². The molecule has 0 amide bonds. The summed E-state index contributed by atoms with van der Waals surface area (Å²) >= 11 is 0. The minimum Gasteiger partial charge on any atom is -0.204 e. The van der Waals surface area contributed by atoms with E-state index in [2.05, 4.69) is 13.0 Å². The highest BCUT2D eigenvalue weighted by molar-refractivity contribution is 5.21. The molecule has 0 aliphatic heterocycles.